The van der Waals surface area contributed by atoms with Crippen LogP contribution in [0.4, 0.5) is 4.39 Å². The van der Waals surface area contributed by atoms with Crippen molar-refractivity contribution in [3.05, 3.63) is 33.6 Å². The Morgan fingerprint density at radius 2 is 2.12 bits per heavy atom. The summed E-state index contributed by atoms with van der Waals surface area (Å²) in [4.78, 5) is 11.7. The molecule has 1 aliphatic rings. The molecule has 0 radical (unpaired) electrons. The molecule has 0 atom stereocenters. The van der Waals surface area contributed by atoms with Crippen molar-refractivity contribution in [3.63, 3.8) is 0 Å². The fourth-order valence-electron chi connectivity index (χ4n) is 1.52. The van der Waals surface area contributed by atoms with E-state index in [4.69, 9.17) is 23.2 Å². The predicted octanol–water partition coefficient (Wildman–Crippen LogP) is 2.08. The molecule has 3 nitrogen and oxygen atoms in total. The van der Waals surface area contributed by atoms with Gasteiger partial charge >= 0.3 is 0 Å². The summed E-state index contributed by atoms with van der Waals surface area (Å²) in [6.45, 7) is 2.35. The number of nitrogens with one attached hydrogen (secondary N) is 2. The number of carbonyl (C=O) groups excluding carboxylic acids is 1. The molecule has 0 bridgehead atoms. The molecule has 0 saturated carbocycles. The Bertz CT molecular complexity index is 449. The predicted molar refractivity (Wildman–Crippen MR) is 65.1 cm³/mol. The summed E-state index contributed by atoms with van der Waals surface area (Å²) < 4.78 is 13.2. The summed E-state index contributed by atoms with van der Waals surface area (Å²) >= 11 is 11.4. The van der Waals surface area contributed by atoms with Crippen LogP contribution in [0, 0.1) is 11.7 Å². The molecule has 0 aliphatic carbocycles. The molecular formula is C11H11Cl2FN2O. The second kappa shape index (κ2) is 5.21. The molecule has 0 unspecified atom stereocenters. The standard InChI is InChI=1S/C11H11Cl2FN2O/c12-8-2-9(13)10(14)1-7(8)11(17)16-5-6-3-15-4-6/h1-2,6,15H,3-5H2,(H,16,17). The van der Waals surface area contributed by atoms with Gasteiger partial charge in [-0.15, -0.1) is 0 Å². The normalized spacial score (nSPS) is 15.5. The maximum Gasteiger partial charge on any atom is 0.252 e. The Balaban J connectivity index is 2.04. The first-order valence-corrected chi connectivity index (χ1v) is 5.97. The third-order valence-electron chi connectivity index (χ3n) is 2.67. The van der Waals surface area contributed by atoms with Crippen molar-refractivity contribution in [2.24, 2.45) is 5.92 Å². The highest BCUT2D eigenvalue weighted by Gasteiger charge is 2.19. The molecule has 1 amide bonds. The minimum atomic E-state index is -0.647. The largest absolute Gasteiger partial charge is 0.352 e. The molecule has 0 aromatic heterocycles. The first-order valence-electron chi connectivity index (χ1n) is 5.21. The smallest absolute Gasteiger partial charge is 0.252 e. The van der Waals surface area contributed by atoms with Crippen LogP contribution in [0.2, 0.25) is 10.0 Å². The lowest BCUT2D eigenvalue weighted by atomic mass is 10.0. The van der Waals surface area contributed by atoms with Gasteiger partial charge in [-0.1, -0.05) is 23.2 Å². The Morgan fingerprint density at radius 3 is 2.71 bits per heavy atom. The Labute approximate surface area is 108 Å². The van der Waals surface area contributed by atoms with Gasteiger partial charge in [0, 0.05) is 25.6 Å². The average molecular weight is 277 g/mol. The van der Waals surface area contributed by atoms with Crippen LogP contribution >= 0.6 is 23.2 Å². The lowest BCUT2D eigenvalue weighted by Crippen LogP contribution is -2.48. The van der Waals surface area contributed by atoms with Crippen molar-refractivity contribution >= 4 is 29.1 Å². The minimum Gasteiger partial charge on any atom is -0.352 e. The van der Waals surface area contributed by atoms with Gasteiger partial charge in [-0.2, -0.15) is 0 Å². The molecule has 2 rings (SSSR count). The molecule has 1 fully saturated rings. The van der Waals surface area contributed by atoms with Crippen molar-refractivity contribution in [2.45, 2.75) is 0 Å². The summed E-state index contributed by atoms with van der Waals surface area (Å²) in [7, 11) is 0. The first kappa shape index (κ1) is 12.6. The summed E-state index contributed by atoms with van der Waals surface area (Å²) in [6, 6.07) is 2.29. The maximum absolute atomic E-state index is 13.2. The highest BCUT2D eigenvalue weighted by Crippen LogP contribution is 2.24. The molecule has 1 saturated heterocycles. The lowest BCUT2D eigenvalue weighted by molar-refractivity contribution is 0.0942. The highest BCUT2D eigenvalue weighted by atomic mass is 35.5. The summed E-state index contributed by atoms with van der Waals surface area (Å²) in [6.07, 6.45) is 0. The van der Waals surface area contributed by atoms with E-state index in [1.807, 2.05) is 0 Å². The third-order valence-corrected chi connectivity index (χ3v) is 3.27. The van der Waals surface area contributed by atoms with Crippen LogP contribution in [-0.4, -0.2) is 25.5 Å². The molecule has 1 aliphatic heterocycles. The van der Waals surface area contributed by atoms with E-state index in [9.17, 15) is 9.18 Å². The van der Waals surface area contributed by atoms with Gasteiger partial charge in [0.2, 0.25) is 0 Å². The number of amides is 1. The zero-order valence-corrected chi connectivity index (χ0v) is 10.4. The summed E-state index contributed by atoms with van der Waals surface area (Å²) in [5.74, 6) is -0.584. The second-order valence-electron chi connectivity index (χ2n) is 3.98. The van der Waals surface area contributed by atoms with Gasteiger partial charge in [-0.05, 0) is 12.1 Å². The van der Waals surface area contributed by atoms with Crippen molar-refractivity contribution in [2.75, 3.05) is 19.6 Å². The SMILES string of the molecule is O=C(NCC1CNC1)c1cc(F)c(Cl)cc1Cl. The Morgan fingerprint density at radius 1 is 1.41 bits per heavy atom. The van der Waals surface area contributed by atoms with E-state index in [0.29, 0.717) is 12.5 Å². The van der Waals surface area contributed by atoms with Gasteiger partial charge < -0.3 is 10.6 Å². The number of carbonyl (C=O) groups is 1. The molecule has 1 heterocycles. The van der Waals surface area contributed by atoms with Gasteiger partial charge in [-0.25, -0.2) is 4.39 Å². The quantitative estimate of drug-likeness (QED) is 0.830. The average Bonchev–Trinajstić information content (AvgIpc) is 2.21. The topological polar surface area (TPSA) is 41.1 Å². The number of hydrogen-bond acceptors (Lipinski definition) is 2. The number of halogens is 3. The third kappa shape index (κ3) is 2.89. The molecule has 1 aromatic rings. The highest BCUT2D eigenvalue weighted by molar-refractivity contribution is 6.36. The molecule has 0 spiro atoms. The number of hydrogen-bond donors (Lipinski definition) is 2. The van der Waals surface area contributed by atoms with Crippen LogP contribution in [-0.2, 0) is 0 Å². The van der Waals surface area contributed by atoms with E-state index in [-0.39, 0.29) is 21.5 Å². The Kier molecular flexibility index (Phi) is 3.86. The van der Waals surface area contributed by atoms with Crippen LogP contribution in [0.25, 0.3) is 0 Å². The van der Waals surface area contributed by atoms with Gasteiger partial charge in [0.15, 0.2) is 0 Å². The van der Waals surface area contributed by atoms with E-state index >= 15 is 0 Å². The number of benzene rings is 1. The van der Waals surface area contributed by atoms with Crippen LogP contribution in [0.5, 0.6) is 0 Å². The number of rotatable bonds is 3. The van der Waals surface area contributed by atoms with Crippen molar-refractivity contribution in [1.29, 1.82) is 0 Å². The van der Waals surface area contributed by atoms with Crippen LogP contribution in [0.1, 0.15) is 10.4 Å². The molecule has 17 heavy (non-hydrogen) atoms. The van der Waals surface area contributed by atoms with Gasteiger partial charge in [0.1, 0.15) is 5.82 Å². The summed E-state index contributed by atoms with van der Waals surface area (Å²) in [5, 5.41) is 5.88. The molecule has 1 aromatic carbocycles. The zero-order valence-electron chi connectivity index (χ0n) is 8.90. The van der Waals surface area contributed by atoms with Crippen molar-refractivity contribution in [3.8, 4) is 0 Å². The molecule has 6 heteroatoms. The first-order chi connectivity index (χ1) is 8.08. The van der Waals surface area contributed by atoms with Gasteiger partial charge in [0.25, 0.3) is 5.91 Å². The van der Waals surface area contributed by atoms with Crippen LogP contribution in [0.15, 0.2) is 12.1 Å². The second-order valence-corrected chi connectivity index (χ2v) is 4.79. The lowest BCUT2D eigenvalue weighted by Gasteiger charge is -2.27. The minimum absolute atomic E-state index is 0.0882. The van der Waals surface area contributed by atoms with Crippen molar-refractivity contribution < 1.29 is 9.18 Å². The van der Waals surface area contributed by atoms with E-state index in [1.165, 1.54) is 6.07 Å². The molecular weight excluding hydrogens is 266 g/mol. The van der Waals surface area contributed by atoms with Crippen molar-refractivity contribution in [1.82, 2.24) is 10.6 Å². The van der Waals surface area contributed by atoms with E-state index in [0.717, 1.165) is 19.2 Å². The van der Waals surface area contributed by atoms with Crippen LogP contribution in [0.3, 0.4) is 0 Å². The van der Waals surface area contributed by atoms with Gasteiger partial charge in [0.05, 0.1) is 15.6 Å². The van der Waals surface area contributed by atoms with Crippen LogP contribution < -0.4 is 10.6 Å². The monoisotopic (exact) mass is 276 g/mol. The molecule has 2 N–H and O–H groups in total. The zero-order chi connectivity index (χ0) is 12.4. The fourth-order valence-corrected chi connectivity index (χ4v) is 1.99. The molecule has 92 valence electrons. The van der Waals surface area contributed by atoms with Gasteiger partial charge in [-0.3, -0.25) is 4.79 Å². The Hall–Kier alpha value is -0.840. The van der Waals surface area contributed by atoms with E-state index in [2.05, 4.69) is 10.6 Å². The van der Waals surface area contributed by atoms with E-state index < -0.39 is 5.82 Å². The summed E-state index contributed by atoms with van der Waals surface area (Å²) in [5.41, 5.74) is 0.112. The maximum atomic E-state index is 13.2. The van der Waals surface area contributed by atoms with E-state index in [1.54, 1.807) is 0 Å². The fraction of sp³-hybridized carbons (Fsp3) is 0.364.